The highest BCUT2D eigenvalue weighted by Gasteiger charge is 2.23. The second-order valence-corrected chi connectivity index (χ2v) is 8.97. The summed E-state index contributed by atoms with van der Waals surface area (Å²) in [5.41, 5.74) is 0. The highest BCUT2D eigenvalue weighted by molar-refractivity contribution is 14.0. The molecule has 0 saturated carbocycles. The van der Waals surface area contributed by atoms with Crippen LogP contribution in [0, 0.1) is 0 Å². The van der Waals surface area contributed by atoms with Gasteiger partial charge in [-0.05, 0) is 42.8 Å². The van der Waals surface area contributed by atoms with Crippen LogP contribution in [0.5, 0.6) is 0 Å². The first-order valence-corrected chi connectivity index (χ1v) is 12.3. The van der Waals surface area contributed by atoms with Crippen molar-refractivity contribution in [3.05, 3.63) is 46.5 Å². The van der Waals surface area contributed by atoms with E-state index in [4.69, 9.17) is 18.9 Å². The van der Waals surface area contributed by atoms with E-state index < -0.39 is 0 Å². The second-order valence-electron chi connectivity index (χ2n) is 7.99. The van der Waals surface area contributed by atoms with E-state index in [0.29, 0.717) is 6.54 Å². The van der Waals surface area contributed by atoms with Crippen molar-refractivity contribution in [2.75, 3.05) is 52.5 Å². The molecule has 2 atom stereocenters. The van der Waals surface area contributed by atoms with Gasteiger partial charge in [0.25, 0.3) is 0 Å². The number of ether oxygens (including phenoxy) is 2. The van der Waals surface area contributed by atoms with Gasteiger partial charge >= 0.3 is 0 Å². The zero-order valence-corrected chi connectivity index (χ0v) is 21.7. The van der Waals surface area contributed by atoms with Crippen molar-refractivity contribution in [1.29, 1.82) is 0 Å². The molecule has 7 nitrogen and oxygen atoms in total. The maximum Gasteiger partial charge on any atom is 0.191 e. The molecular formula is C23H35IN4O3S. The van der Waals surface area contributed by atoms with E-state index >= 15 is 0 Å². The van der Waals surface area contributed by atoms with E-state index in [1.165, 1.54) is 17.7 Å². The zero-order valence-electron chi connectivity index (χ0n) is 18.5. The van der Waals surface area contributed by atoms with E-state index in [0.717, 1.165) is 70.6 Å². The molecule has 0 spiro atoms. The minimum absolute atomic E-state index is 0. The van der Waals surface area contributed by atoms with Crippen LogP contribution in [0.2, 0.25) is 0 Å². The van der Waals surface area contributed by atoms with Gasteiger partial charge in [0.1, 0.15) is 5.76 Å². The average molecular weight is 575 g/mol. The fourth-order valence-electron chi connectivity index (χ4n) is 4.05. The van der Waals surface area contributed by atoms with Gasteiger partial charge in [0, 0.05) is 44.1 Å². The van der Waals surface area contributed by atoms with E-state index in [9.17, 15) is 0 Å². The standard InChI is InChI=1S/C23H34N4O3S.HI/c1-2-12-30-20(5-1)17-25-23(24-9-8-19-6-3-13-29-19)26-18-21(22-7-4-16-31-22)27-10-14-28-15-11-27;/h3-4,6-7,13,16,20-21H,1-2,5,8-12,14-15,17-18H2,(H2,24,25,26);1H. The molecule has 2 N–H and O–H groups in total. The first kappa shape index (κ1) is 25.5. The van der Waals surface area contributed by atoms with Crippen molar-refractivity contribution in [3.8, 4) is 0 Å². The number of halogens is 1. The highest BCUT2D eigenvalue weighted by atomic mass is 127. The Morgan fingerprint density at radius 3 is 2.78 bits per heavy atom. The SMILES string of the molecule is I.c1coc(CCNC(=NCC(c2cccs2)N2CCOCC2)NCC2CCCCO2)c1. The van der Waals surface area contributed by atoms with Crippen molar-refractivity contribution in [1.82, 2.24) is 15.5 Å². The summed E-state index contributed by atoms with van der Waals surface area (Å²) >= 11 is 1.80. The fourth-order valence-corrected chi connectivity index (χ4v) is 4.90. The number of hydrogen-bond acceptors (Lipinski definition) is 6. The molecule has 0 bridgehead atoms. The van der Waals surface area contributed by atoms with Gasteiger partial charge in [-0.3, -0.25) is 9.89 Å². The Morgan fingerprint density at radius 2 is 2.06 bits per heavy atom. The van der Waals surface area contributed by atoms with Crippen molar-refractivity contribution in [2.45, 2.75) is 37.8 Å². The Kier molecular flexibility index (Phi) is 11.3. The smallest absolute Gasteiger partial charge is 0.191 e. The third-order valence-electron chi connectivity index (χ3n) is 5.80. The lowest BCUT2D eigenvalue weighted by atomic mass is 10.1. The molecule has 0 amide bonds. The lowest BCUT2D eigenvalue weighted by Crippen LogP contribution is -2.44. The minimum atomic E-state index is 0. The fraction of sp³-hybridized carbons (Fsp3) is 0.609. The molecule has 9 heteroatoms. The summed E-state index contributed by atoms with van der Waals surface area (Å²) in [5.74, 6) is 1.82. The molecular weight excluding hydrogens is 539 g/mol. The van der Waals surface area contributed by atoms with Crippen molar-refractivity contribution in [2.24, 2.45) is 4.99 Å². The van der Waals surface area contributed by atoms with Gasteiger partial charge < -0.3 is 24.5 Å². The Bertz CT molecular complexity index is 760. The zero-order chi connectivity index (χ0) is 21.1. The molecule has 32 heavy (non-hydrogen) atoms. The van der Waals surface area contributed by atoms with Gasteiger partial charge in [0.15, 0.2) is 5.96 Å². The molecule has 4 rings (SSSR count). The molecule has 2 aromatic rings. The van der Waals surface area contributed by atoms with E-state index in [-0.39, 0.29) is 36.1 Å². The quantitative estimate of drug-likeness (QED) is 0.271. The van der Waals surface area contributed by atoms with Gasteiger partial charge in [0.05, 0.1) is 38.2 Å². The molecule has 2 aliphatic heterocycles. The first-order chi connectivity index (χ1) is 15.4. The lowest BCUT2D eigenvalue weighted by molar-refractivity contribution is 0.0181. The minimum Gasteiger partial charge on any atom is -0.469 e. The largest absolute Gasteiger partial charge is 0.469 e. The summed E-state index contributed by atoms with van der Waals surface area (Å²) < 4.78 is 16.9. The molecule has 2 aliphatic rings. The maximum absolute atomic E-state index is 5.89. The Hall–Kier alpha value is -1.14. The van der Waals surface area contributed by atoms with Crippen LogP contribution in [-0.4, -0.2) is 69.5 Å². The summed E-state index contributed by atoms with van der Waals surface area (Å²) in [6.45, 7) is 6.60. The number of guanidine groups is 1. The van der Waals surface area contributed by atoms with Crippen molar-refractivity contribution < 1.29 is 13.9 Å². The van der Waals surface area contributed by atoms with Crippen LogP contribution in [0.3, 0.4) is 0 Å². The van der Waals surface area contributed by atoms with Gasteiger partial charge in [-0.2, -0.15) is 0 Å². The van der Waals surface area contributed by atoms with Crippen LogP contribution in [0.4, 0.5) is 0 Å². The molecule has 0 radical (unpaired) electrons. The average Bonchev–Trinajstić information content (AvgIpc) is 3.53. The number of furan rings is 1. The second kappa shape index (κ2) is 14.2. The number of morpholine rings is 1. The molecule has 2 aromatic heterocycles. The van der Waals surface area contributed by atoms with Crippen LogP contribution in [0.25, 0.3) is 0 Å². The molecule has 2 unspecified atom stereocenters. The molecule has 2 saturated heterocycles. The van der Waals surface area contributed by atoms with E-state index in [1.54, 1.807) is 17.6 Å². The number of nitrogens with zero attached hydrogens (tertiary/aromatic N) is 2. The Labute approximate surface area is 212 Å². The highest BCUT2D eigenvalue weighted by Crippen LogP contribution is 2.26. The van der Waals surface area contributed by atoms with Gasteiger partial charge in [-0.25, -0.2) is 0 Å². The summed E-state index contributed by atoms with van der Waals surface area (Å²) in [7, 11) is 0. The number of aliphatic imine (C=N–C) groups is 1. The monoisotopic (exact) mass is 574 g/mol. The molecule has 0 aliphatic carbocycles. The van der Waals surface area contributed by atoms with Crippen molar-refractivity contribution in [3.63, 3.8) is 0 Å². The predicted molar refractivity (Wildman–Crippen MR) is 139 cm³/mol. The summed E-state index contributed by atoms with van der Waals surface area (Å²) in [6, 6.07) is 8.55. The number of hydrogen-bond donors (Lipinski definition) is 2. The third-order valence-corrected chi connectivity index (χ3v) is 6.77. The van der Waals surface area contributed by atoms with Crippen LogP contribution < -0.4 is 10.6 Å². The van der Waals surface area contributed by atoms with Crippen LogP contribution in [0.1, 0.15) is 35.9 Å². The third kappa shape index (κ3) is 8.02. The topological polar surface area (TPSA) is 71.3 Å². The van der Waals surface area contributed by atoms with Crippen LogP contribution in [-0.2, 0) is 15.9 Å². The summed E-state index contributed by atoms with van der Waals surface area (Å²) in [6.07, 6.45) is 6.32. The lowest BCUT2D eigenvalue weighted by Gasteiger charge is -2.33. The first-order valence-electron chi connectivity index (χ1n) is 11.4. The van der Waals surface area contributed by atoms with Gasteiger partial charge in [-0.15, -0.1) is 35.3 Å². The molecule has 178 valence electrons. The van der Waals surface area contributed by atoms with Crippen LogP contribution >= 0.6 is 35.3 Å². The predicted octanol–water partition coefficient (Wildman–Crippen LogP) is 3.68. The van der Waals surface area contributed by atoms with E-state index in [1.807, 2.05) is 12.1 Å². The van der Waals surface area contributed by atoms with Crippen molar-refractivity contribution >= 4 is 41.3 Å². The summed E-state index contributed by atoms with van der Waals surface area (Å²) in [4.78, 5) is 8.84. The number of nitrogens with one attached hydrogen (secondary N) is 2. The van der Waals surface area contributed by atoms with E-state index in [2.05, 4.69) is 33.0 Å². The normalized spacial score (nSPS) is 21.0. The van der Waals surface area contributed by atoms with Gasteiger partial charge in [-0.1, -0.05) is 6.07 Å². The summed E-state index contributed by atoms with van der Waals surface area (Å²) in [5, 5.41) is 9.15. The maximum atomic E-state index is 5.89. The Morgan fingerprint density at radius 1 is 1.16 bits per heavy atom. The van der Waals surface area contributed by atoms with Gasteiger partial charge in [0.2, 0.25) is 0 Å². The molecule has 4 heterocycles. The molecule has 2 fully saturated rings. The van der Waals surface area contributed by atoms with Crippen LogP contribution in [0.15, 0.2) is 45.3 Å². The Balaban J connectivity index is 0.00000289. The molecule has 0 aromatic carbocycles. The number of thiophene rings is 1. The number of rotatable bonds is 9.